The van der Waals surface area contributed by atoms with Crippen LogP contribution in [0.2, 0.25) is 0 Å². The molecular formula is C20H26N2O3. The van der Waals surface area contributed by atoms with Crippen LogP contribution in [0, 0.1) is 0 Å². The highest BCUT2D eigenvalue weighted by Crippen LogP contribution is 2.28. The maximum absolute atomic E-state index is 12.1. The molecule has 0 saturated carbocycles. The molecule has 25 heavy (non-hydrogen) atoms. The molecule has 0 aliphatic heterocycles. The average molecular weight is 342 g/mol. The van der Waals surface area contributed by atoms with Crippen LogP contribution in [0.4, 0.5) is 11.4 Å². The number of methoxy groups -OCH3 is 2. The van der Waals surface area contributed by atoms with E-state index >= 15 is 0 Å². The van der Waals surface area contributed by atoms with Gasteiger partial charge in [0.1, 0.15) is 11.5 Å². The number of ether oxygens (including phenoxy) is 2. The SMILES string of the molecule is COc1ccc(OC)c(NCCC(=O)Nc2ccc(C(C)C)cc2)c1. The van der Waals surface area contributed by atoms with Gasteiger partial charge in [-0.2, -0.15) is 0 Å². The Morgan fingerprint density at radius 2 is 1.76 bits per heavy atom. The first-order valence-corrected chi connectivity index (χ1v) is 8.39. The molecule has 0 aromatic heterocycles. The Hall–Kier alpha value is -2.69. The van der Waals surface area contributed by atoms with Crippen LogP contribution in [0.3, 0.4) is 0 Å². The Balaban J connectivity index is 1.86. The molecule has 0 aliphatic rings. The van der Waals surface area contributed by atoms with Crippen LogP contribution in [-0.2, 0) is 4.79 Å². The van der Waals surface area contributed by atoms with Crippen LogP contribution in [0.5, 0.6) is 11.5 Å². The highest BCUT2D eigenvalue weighted by Gasteiger charge is 2.07. The minimum atomic E-state index is -0.0355. The first-order chi connectivity index (χ1) is 12.0. The van der Waals surface area contributed by atoms with Crippen LogP contribution in [0.1, 0.15) is 31.7 Å². The molecule has 0 atom stereocenters. The van der Waals surface area contributed by atoms with E-state index in [0.717, 1.165) is 17.1 Å². The quantitative estimate of drug-likeness (QED) is 0.752. The van der Waals surface area contributed by atoms with Gasteiger partial charge in [-0.1, -0.05) is 26.0 Å². The maximum atomic E-state index is 12.1. The van der Waals surface area contributed by atoms with Crippen molar-refractivity contribution in [2.45, 2.75) is 26.2 Å². The number of anilines is 2. The normalized spacial score (nSPS) is 10.4. The highest BCUT2D eigenvalue weighted by atomic mass is 16.5. The van der Waals surface area contributed by atoms with Gasteiger partial charge in [-0.15, -0.1) is 0 Å². The molecule has 0 spiro atoms. The lowest BCUT2D eigenvalue weighted by Gasteiger charge is -2.13. The fourth-order valence-corrected chi connectivity index (χ4v) is 2.44. The number of rotatable bonds is 8. The Bertz CT molecular complexity index is 697. The summed E-state index contributed by atoms with van der Waals surface area (Å²) in [5, 5.41) is 6.12. The molecule has 5 heteroatoms. The molecule has 2 rings (SSSR count). The number of nitrogens with one attached hydrogen (secondary N) is 2. The summed E-state index contributed by atoms with van der Waals surface area (Å²) in [5.74, 6) is 1.89. The molecule has 0 radical (unpaired) electrons. The number of benzene rings is 2. The van der Waals surface area contributed by atoms with Gasteiger partial charge in [0.15, 0.2) is 0 Å². The fourth-order valence-electron chi connectivity index (χ4n) is 2.44. The second kappa shape index (κ2) is 8.97. The van der Waals surface area contributed by atoms with Gasteiger partial charge in [-0.3, -0.25) is 4.79 Å². The van der Waals surface area contributed by atoms with Crippen LogP contribution in [0.15, 0.2) is 42.5 Å². The summed E-state index contributed by atoms with van der Waals surface area (Å²) in [6.45, 7) is 4.79. The lowest BCUT2D eigenvalue weighted by Crippen LogP contribution is -2.16. The summed E-state index contributed by atoms with van der Waals surface area (Å²) in [6, 6.07) is 13.5. The molecule has 0 unspecified atom stereocenters. The van der Waals surface area contributed by atoms with E-state index in [0.29, 0.717) is 24.6 Å². The summed E-state index contributed by atoms with van der Waals surface area (Å²) in [5.41, 5.74) is 2.87. The molecule has 0 saturated heterocycles. The van der Waals surface area contributed by atoms with Gasteiger partial charge in [-0.25, -0.2) is 0 Å². The van der Waals surface area contributed by atoms with Crippen molar-refractivity contribution in [3.63, 3.8) is 0 Å². The van der Waals surface area contributed by atoms with E-state index in [1.165, 1.54) is 5.56 Å². The minimum absolute atomic E-state index is 0.0355. The zero-order valence-electron chi connectivity index (χ0n) is 15.3. The number of carbonyl (C=O) groups is 1. The van der Waals surface area contributed by atoms with Crippen LogP contribution in [0.25, 0.3) is 0 Å². The number of amides is 1. The standard InChI is InChI=1S/C20H26N2O3/c1-14(2)15-5-7-16(8-6-15)22-20(23)11-12-21-18-13-17(24-3)9-10-19(18)25-4/h5-10,13-14,21H,11-12H2,1-4H3,(H,22,23). The number of carbonyl (C=O) groups excluding carboxylic acids is 1. The van der Waals surface area contributed by atoms with Crippen LogP contribution >= 0.6 is 0 Å². The van der Waals surface area contributed by atoms with Crippen molar-refractivity contribution in [3.05, 3.63) is 48.0 Å². The third-order valence-electron chi connectivity index (χ3n) is 3.94. The van der Waals surface area contributed by atoms with E-state index in [2.05, 4.69) is 24.5 Å². The first-order valence-electron chi connectivity index (χ1n) is 8.39. The minimum Gasteiger partial charge on any atom is -0.497 e. The smallest absolute Gasteiger partial charge is 0.226 e. The summed E-state index contributed by atoms with van der Waals surface area (Å²) in [6.07, 6.45) is 0.353. The predicted molar refractivity (Wildman–Crippen MR) is 102 cm³/mol. The molecule has 0 aliphatic carbocycles. The Kier molecular flexibility index (Phi) is 6.69. The molecule has 2 N–H and O–H groups in total. The molecule has 0 heterocycles. The van der Waals surface area contributed by atoms with Crippen molar-refractivity contribution < 1.29 is 14.3 Å². The van der Waals surface area contributed by atoms with Crippen molar-refractivity contribution in [3.8, 4) is 11.5 Å². The molecule has 0 bridgehead atoms. The Morgan fingerprint density at radius 3 is 2.36 bits per heavy atom. The zero-order valence-corrected chi connectivity index (χ0v) is 15.3. The lowest BCUT2D eigenvalue weighted by atomic mass is 10.0. The summed E-state index contributed by atoms with van der Waals surface area (Å²) >= 11 is 0. The second-order valence-electron chi connectivity index (χ2n) is 6.07. The van der Waals surface area contributed by atoms with Gasteiger partial charge in [-0.05, 0) is 35.7 Å². The lowest BCUT2D eigenvalue weighted by molar-refractivity contribution is -0.115. The van der Waals surface area contributed by atoms with Crippen molar-refractivity contribution in [2.75, 3.05) is 31.4 Å². The van der Waals surface area contributed by atoms with Gasteiger partial charge >= 0.3 is 0 Å². The third-order valence-corrected chi connectivity index (χ3v) is 3.94. The highest BCUT2D eigenvalue weighted by molar-refractivity contribution is 5.91. The maximum Gasteiger partial charge on any atom is 0.226 e. The Morgan fingerprint density at radius 1 is 1.04 bits per heavy atom. The van der Waals surface area contributed by atoms with Gasteiger partial charge in [0.2, 0.25) is 5.91 Å². The Labute approximate surface area is 149 Å². The molecule has 134 valence electrons. The molecule has 5 nitrogen and oxygen atoms in total. The van der Waals surface area contributed by atoms with Crippen molar-refractivity contribution >= 4 is 17.3 Å². The van der Waals surface area contributed by atoms with E-state index in [1.54, 1.807) is 14.2 Å². The molecule has 2 aromatic carbocycles. The monoisotopic (exact) mass is 342 g/mol. The average Bonchev–Trinajstić information content (AvgIpc) is 2.62. The molecular weight excluding hydrogens is 316 g/mol. The second-order valence-corrected chi connectivity index (χ2v) is 6.07. The summed E-state index contributed by atoms with van der Waals surface area (Å²) < 4.78 is 10.5. The van der Waals surface area contributed by atoms with Crippen LogP contribution < -0.4 is 20.1 Å². The summed E-state index contributed by atoms with van der Waals surface area (Å²) in [7, 11) is 3.23. The zero-order chi connectivity index (χ0) is 18.2. The third kappa shape index (κ3) is 5.41. The van der Waals surface area contributed by atoms with E-state index < -0.39 is 0 Å². The van der Waals surface area contributed by atoms with Crippen molar-refractivity contribution in [1.82, 2.24) is 0 Å². The molecule has 1 amide bonds. The summed E-state index contributed by atoms with van der Waals surface area (Å²) in [4.78, 5) is 12.1. The number of hydrogen-bond acceptors (Lipinski definition) is 4. The van der Waals surface area contributed by atoms with E-state index in [-0.39, 0.29) is 5.91 Å². The van der Waals surface area contributed by atoms with Crippen molar-refractivity contribution in [1.29, 1.82) is 0 Å². The molecule has 2 aromatic rings. The predicted octanol–water partition coefficient (Wildman–Crippen LogP) is 4.27. The van der Waals surface area contributed by atoms with Gasteiger partial charge in [0.05, 0.1) is 19.9 Å². The number of hydrogen-bond donors (Lipinski definition) is 2. The van der Waals surface area contributed by atoms with Gasteiger partial charge < -0.3 is 20.1 Å². The van der Waals surface area contributed by atoms with E-state index in [9.17, 15) is 4.79 Å². The van der Waals surface area contributed by atoms with Crippen LogP contribution in [-0.4, -0.2) is 26.7 Å². The van der Waals surface area contributed by atoms with E-state index in [4.69, 9.17) is 9.47 Å². The van der Waals surface area contributed by atoms with Gasteiger partial charge in [0.25, 0.3) is 0 Å². The molecule has 0 fully saturated rings. The first kappa shape index (κ1) is 18.6. The topological polar surface area (TPSA) is 59.6 Å². The largest absolute Gasteiger partial charge is 0.497 e. The van der Waals surface area contributed by atoms with Gasteiger partial charge in [0, 0.05) is 24.7 Å². The van der Waals surface area contributed by atoms with Crippen molar-refractivity contribution in [2.24, 2.45) is 0 Å². The fraction of sp³-hybridized carbons (Fsp3) is 0.350. The van der Waals surface area contributed by atoms with E-state index in [1.807, 2.05) is 42.5 Å².